The number of rotatable bonds is 5. The fourth-order valence-corrected chi connectivity index (χ4v) is 4.85. The highest BCUT2D eigenvalue weighted by molar-refractivity contribution is 6.01. The van der Waals surface area contributed by atoms with Crippen LogP contribution in [0.15, 0.2) is 78.1 Å². The molecule has 3 atom stereocenters. The first-order valence-corrected chi connectivity index (χ1v) is 11.0. The van der Waals surface area contributed by atoms with E-state index in [1.807, 2.05) is 56.3 Å². The topological polar surface area (TPSA) is 64.6 Å². The van der Waals surface area contributed by atoms with Crippen LogP contribution in [-0.4, -0.2) is 25.0 Å². The molecule has 1 aliphatic carbocycles. The number of carbonyl (C=O) groups is 2. The zero-order chi connectivity index (χ0) is 22.8. The van der Waals surface area contributed by atoms with Crippen molar-refractivity contribution in [2.45, 2.75) is 44.6 Å². The summed E-state index contributed by atoms with van der Waals surface area (Å²) in [6, 6.07) is 17.6. The quantitative estimate of drug-likeness (QED) is 0.685. The van der Waals surface area contributed by atoms with E-state index in [1.54, 1.807) is 7.11 Å². The van der Waals surface area contributed by atoms with E-state index in [0.717, 1.165) is 16.8 Å². The van der Waals surface area contributed by atoms with E-state index in [9.17, 15) is 9.59 Å². The SMILES string of the molecule is C=C1NC2=C(C(=O)CC(c3ccccc3)C2)C(c2ccccc2OC)C1C(=O)OC(C)C. The first-order valence-electron chi connectivity index (χ1n) is 11.0. The van der Waals surface area contributed by atoms with Gasteiger partial charge in [-0.1, -0.05) is 55.1 Å². The first kappa shape index (κ1) is 21.9. The lowest BCUT2D eigenvalue weighted by Crippen LogP contribution is -2.42. The van der Waals surface area contributed by atoms with E-state index >= 15 is 0 Å². The van der Waals surface area contributed by atoms with Crippen LogP contribution in [0.3, 0.4) is 0 Å². The van der Waals surface area contributed by atoms with Crippen LogP contribution in [0.1, 0.15) is 49.7 Å². The fourth-order valence-electron chi connectivity index (χ4n) is 4.85. The Kier molecular flexibility index (Phi) is 6.17. The van der Waals surface area contributed by atoms with Gasteiger partial charge in [-0.25, -0.2) is 0 Å². The molecule has 0 amide bonds. The molecule has 0 spiro atoms. The summed E-state index contributed by atoms with van der Waals surface area (Å²) in [5, 5.41) is 3.31. The lowest BCUT2D eigenvalue weighted by atomic mass is 9.69. The number of ether oxygens (including phenoxy) is 2. The second-order valence-corrected chi connectivity index (χ2v) is 8.66. The molecule has 5 heteroatoms. The fraction of sp³-hybridized carbons (Fsp3) is 0.333. The molecule has 166 valence electrons. The summed E-state index contributed by atoms with van der Waals surface area (Å²) in [6.45, 7) is 7.80. The molecule has 5 nitrogen and oxygen atoms in total. The average molecular weight is 432 g/mol. The number of ketones is 1. The molecule has 0 aromatic heterocycles. The molecule has 32 heavy (non-hydrogen) atoms. The second kappa shape index (κ2) is 9.03. The van der Waals surface area contributed by atoms with Crippen molar-refractivity contribution in [2.75, 3.05) is 7.11 Å². The third-order valence-electron chi connectivity index (χ3n) is 6.19. The van der Waals surface area contributed by atoms with Gasteiger partial charge in [0, 0.05) is 34.9 Å². The minimum Gasteiger partial charge on any atom is -0.496 e. The number of hydrogen-bond acceptors (Lipinski definition) is 5. The Labute approximate surface area is 189 Å². The highest BCUT2D eigenvalue weighted by Gasteiger charge is 2.46. The van der Waals surface area contributed by atoms with E-state index in [-0.39, 0.29) is 17.8 Å². The van der Waals surface area contributed by atoms with E-state index < -0.39 is 17.8 Å². The lowest BCUT2D eigenvalue weighted by Gasteiger charge is -2.40. The maximum absolute atomic E-state index is 13.6. The molecule has 2 aromatic carbocycles. The Balaban J connectivity index is 1.83. The van der Waals surface area contributed by atoms with Crippen LogP contribution >= 0.6 is 0 Å². The Morgan fingerprint density at radius 3 is 2.44 bits per heavy atom. The number of para-hydroxylation sites is 1. The molecular weight excluding hydrogens is 402 g/mol. The Morgan fingerprint density at radius 1 is 1.06 bits per heavy atom. The van der Waals surface area contributed by atoms with Crippen molar-refractivity contribution < 1.29 is 19.1 Å². The zero-order valence-electron chi connectivity index (χ0n) is 18.8. The van der Waals surface area contributed by atoms with E-state index in [2.05, 4.69) is 24.0 Å². The van der Waals surface area contributed by atoms with Crippen LogP contribution in [0.25, 0.3) is 0 Å². The standard InChI is InChI=1S/C27H29NO4/c1-16(2)32-27(30)24-17(3)28-21-14-19(18-10-6-5-7-11-18)15-22(29)26(21)25(24)20-12-8-9-13-23(20)31-4/h5-13,16,19,24-25,28H,3,14-15H2,1-2,4H3. The highest BCUT2D eigenvalue weighted by Crippen LogP contribution is 2.49. The monoisotopic (exact) mass is 431 g/mol. The third-order valence-corrected chi connectivity index (χ3v) is 6.19. The van der Waals surface area contributed by atoms with Gasteiger partial charge in [0.25, 0.3) is 0 Å². The highest BCUT2D eigenvalue weighted by atomic mass is 16.5. The molecule has 4 rings (SSSR count). The molecule has 0 radical (unpaired) electrons. The Bertz CT molecular complexity index is 1070. The average Bonchev–Trinajstić information content (AvgIpc) is 2.78. The number of hydrogen-bond donors (Lipinski definition) is 1. The van der Waals surface area contributed by atoms with Crippen LogP contribution in [-0.2, 0) is 14.3 Å². The van der Waals surface area contributed by atoms with E-state index in [0.29, 0.717) is 29.9 Å². The molecule has 0 fully saturated rings. The second-order valence-electron chi connectivity index (χ2n) is 8.66. The molecule has 0 saturated carbocycles. The number of Topliss-reactive ketones (excluding diaryl/α,β-unsaturated/α-hetero) is 1. The summed E-state index contributed by atoms with van der Waals surface area (Å²) in [5.41, 5.74) is 3.95. The number of methoxy groups -OCH3 is 1. The van der Waals surface area contributed by atoms with Crippen LogP contribution < -0.4 is 10.1 Å². The predicted octanol–water partition coefficient (Wildman–Crippen LogP) is 4.86. The summed E-state index contributed by atoms with van der Waals surface area (Å²) in [7, 11) is 1.60. The molecule has 0 bridgehead atoms. The number of allylic oxidation sites excluding steroid dienone is 2. The van der Waals surface area contributed by atoms with Crippen LogP contribution in [0, 0.1) is 5.92 Å². The Morgan fingerprint density at radius 2 is 1.75 bits per heavy atom. The maximum atomic E-state index is 13.6. The molecule has 1 aliphatic heterocycles. The lowest BCUT2D eigenvalue weighted by molar-refractivity contribution is -0.151. The summed E-state index contributed by atoms with van der Waals surface area (Å²) >= 11 is 0. The first-order chi connectivity index (χ1) is 15.4. The number of nitrogens with one attached hydrogen (secondary N) is 1. The number of esters is 1. The summed E-state index contributed by atoms with van der Waals surface area (Å²) in [4.78, 5) is 26.7. The molecule has 2 aromatic rings. The van der Waals surface area contributed by atoms with Crippen LogP contribution in [0.5, 0.6) is 5.75 Å². The van der Waals surface area contributed by atoms with Gasteiger partial charge in [0.05, 0.1) is 13.2 Å². The molecule has 1 heterocycles. The van der Waals surface area contributed by atoms with Crippen LogP contribution in [0.2, 0.25) is 0 Å². The minimum absolute atomic E-state index is 0.0401. The molecular formula is C27H29NO4. The molecule has 0 saturated heterocycles. The van der Waals surface area contributed by atoms with Crippen LogP contribution in [0.4, 0.5) is 0 Å². The van der Waals surface area contributed by atoms with Crippen molar-refractivity contribution in [3.05, 3.63) is 89.3 Å². The minimum atomic E-state index is -0.718. The van der Waals surface area contributed by atoms with E-state index in [1.165, 1.54) is 0 Å². The molecule has 1 N–H and O–H groups in total. The summed E-state index contributed by atoms with van der Waals surface area (Å²) < 4.78 is 11.2. The van der Waals surface area contributed by atoms with Gasteiger partial charge in [0.1, 0.15) is 11.7 Å². The van der Waals surface area contributed by atoms with Gasteiger partial charge < -0.3 is 14.8 Å². The van der Waals surface area contributed by atoms with Gasteiger partial charge in [-0.05, 0) is 37.8 Å². The van der Waals surface area contributed by atoms with E-state index in [4.69, 9.17) is 9.47 Å². The molecule has 2 aliphatic rings. The zero-order valence-corrected chi connectivity index (χ0v) is 18.8. The van der Waals surface area contributed by atoms with Gasteiger partial charge in [0.2, 0.25) is 0 Å². The summed E-state index contributed by atoms with van der Waals surface area (Å²) in [6.07, 6.45) is 0.810. The largest absolute Gasteiger partial charge is 0.496 e. The number of carbonyl (C=O) groups excluding carboxylic acids is 2. The van der Waals surface area contributed by atoms with Gasteiger partial charge in [-0.3, -0.25) is 9.59 Å². The van der Waals surface area contributed by atoms with Crippen molar-refractivity contribution >= 4 is 11.8 Å². The summed E-state index contributed by atoms with van der Waals surface area (Å²) in [5.74, 6) is -0.856. The van der Waals surface area contributed by atoms with Gasteiger partial charge >= 0.3 is 5.97 Å². The van der Waals surface area contributed by atoms with Gasteiger partial charge in [-0.15, -0.1) is 0 Å². The van der Waals surface area contributed by atoms with Crippen molar-refractivity contribution in [3.63, 3.8) is 0 Å². The van der Waals surface area contributed by atoms with Crippen molar-refractivity contribution in [1.82, 2.24) is 5.32 Å². The molecule has 3 unspecified atom stereocenters. The normalized spacial score (nSPS) is 22.9. The third kappa shape index (κ3) is 4.07. The smallest absolute Gasteiger partial charge is 0.316 e. The van der Waals surface area contributed by atoms with Crippen molar-refractivity contribution in [2.24, 2.45) is 5.92 Å². The number of benzene rings is 2. The Hall–Kier alpha value is -3.34. The van der Waals surface area contributed by atoms with Gasteiger partial charge in [-0.2, -0.15) is 0 Å². The van der Waals surface area contributed by atoms with Gasteiger partial charge in [0.15, 0.2) is 5.78 Å². The maximum Gasteiger partial charge on any atom is 0.316 e. The van der Waals surface area contributed by atoms with Crippen molar-refractivity contribution in [1.29, 1.82) is 0 Å². The predicted molar refractivity (Wildman–Crippen MR) is 123 cm³/mol. The van der Waals surface area contributed by atoms with Crippen molar-refractivity contribution in [3.8, 4) is 5.75 Å².